The molecule has 0 aromatic heterocycles. The van der Waals surface area contributed by atoms with Gasteiger partial charge in [0.25, 0.3) is 0 Å². The van der Waals surface area contributed by atoms with Gasteiger partial charge in [-0.15, -0.1) is 6.42 Å². The number of carbonyl (C=O) groups is 2. The molecule has 0 bridgehead atoms. The molecule has 1 aliphatic heterocycles. The topological polar surface area (TPSA) is 69.6 Å². The van der Waals surface area contributed by atoms with E-state index < -0.39 is 5.97 Å². The van der Waals surface area contributed by atoms with E-state index in [-0.39, 0.29) is 30.8 Å². The van der Waals surface area contributed by atoms with Crippen LogP contribution in [0.4, 0.5) is 0 Å². The molecule has 0 unspecified atom stereocenters. The van der Waals surface area contributed by atoms with Gasteiger partial charge >= 0.3 is 5.97 Å². The number of terminal acetylenes is 1. The van der Waals surface area contributed by atoms with Gasteiger partial charge in [0.2, 0.25) is 5.91 Å². The molecule has 0 aromatic carbocycles. The van der Waals surface area contributed by atoms with Gasteiger partial charge in [0.15, 0.2) is 0 Å². The zero-order valence-corrected chi connectivity index (χ0v) is 9.27. The third-order valence-electron chi connectivity index (χ3n) is 2.75. The van der Waals surface area contributed by atoms with E-state index in [1.165, 1.54) is 4.90 Å². The number of carboxylic acids is 1. The molecule has 0 radical (unpaired) electrons. The molecule has 5 heteroatoms. The fraction of sp³-hybridized carbons (Fsp3) is 0.636. The molecule has 0 saturated carbocycles. The van der Waals surface area contributed by atoms with E-state index >= 15 is 0 Å². The average Bonchev–Trinajstić information content (AvgIpc) is 2.62. The predicted molar refractivity (Wildman–Crippen MR) is 58.6 cm³/mol. The fourth-order valence-corrected chi connectivity index (χ4v) is 1.86. The lowest BCUT2D eigenvalue weighted by Crippen LogP contribution is -2.41. The highest BCUT2D eigenvalue weighted by Gasteiger charge is 2.33. The molecular weight excluding hydrogens is 208 g/mol. The number of hydrogen-bond donors (Lipinski definition) is 2. The van der Waals surface area contributed by atoms with Crippen molar-refractivity contribution >= 4 is 11.9 Å². The maximum atomic E-state index is 12.0. The van der Waals surface area contributed by atoms with Crippen molar-refractivity contribution in [2.75, 3.05) is 26.2 Å². The first-order chi connectivity index (χ1) is 7.56. The molecule has 5 nitrogen and oxygen atoms in total. The van der Waals surface area contributed by atoms with Crippen LogP contribution in [-0.4, -0.2) is 48.1 Å². The molecule has 0 aromatic rings. The van der Waals surface area contributed by atoms with Crippen LogP contribution in [0.1, 0.15) is 6.92 Å². The van der Waals surface area contributed by atoms with Crippen LogP contribution < -0.4 is 5.32 Å². The molecule has 16 heavy (non-hydrogen) atoms. The van der Waals surface area contributed by atoms with Gasteiger partial charge in [-0.1, -0.05) is 12.8 Å². The van der Waals surface area contributed by atoms with E-state index in [0.29, 0.717) is 6.54 Å². The lowest BCUT2D eigenvalue weighted by molar-refractivity contribution is -0.146. The van der Waals surface area contributed by atoms with Crippen molar-refractivity contribution in [2.45, 2.75) is 6.92 Å². The first kappa shape index (κ1) is 12.5. The summed E-state index contributed by atoms with van der Waals surface area (Å²) in [6.07, 6.45) is 5.12. The summed E-state index contributed by atoms with van der Waals surface area (Å²) in [5, 5.41) is 11.8. The van der Waals surface area contributed by atoms with Crippen molar-refractivity contribution < 1.29 is 14.7 Å². The minimum absolute atomic E-state index is 0.0500. The molecular formula is C11H16N2O3. The lowest BCUT2D eigenvalue weighted by Gasteiger charge is -2.23. The molecule has 2 N–H and O–H groups in total. The standard InChI is InChI=1S/C11H16N2O3/c1-3-4-13(7-10(14)15)11(16)9-6-12-5-8(9)2/h1,8-9,12H,4-7H2,2H3,(H,14,15)/t8-,9-/m1/s1. The molecule has 1 rings (SSSR count). The third-order valence-corrected chi connectivity index (χ3v) is 2.75. The number of amides is 1. The van der Waals surface area contributed by atoms with Crippen molar-refractivity contribution in [1.29, 1.82) is 0 Å². The van der Waals surface area contributed by atoms with Crippen molar-refractivity contribution in [1.82, 2.24) is 10.2 Å². The summed E-state index contributed by atoms with van der Waals surface area (Å²) in [6.45, 7) is 3.08. The third kappa shape index (κ3) is 2.97. The second kappa shape index (κ2) is 5.52. The van der Waals surface area contributed by atoms with E-state index in [1.807, 2.05) is 6.92 Å². The van der Waals surface area contributed by atoms with Crippen LogP contribution in [0.2, 0.25) is 0 Å². The molecule has 1 amide bonds. The number of carbonyl (C=O) groups excluding carboxylic acids is 1. The summed E-state index contributed by atoms with van der Waals surface area (Å²) < 4.78 is 0. The Morgan fingerprint density at radius 1 is 1.56 bits per heavy atom. The van der Waals surface area contributed by atoms with Crippen LogP contribution in [0.5, 0.6) is 0 Å². The van der Waals surface area contributed by atoms with Crippen molar-refractivity contribution in [3.05, 3.63) is 0 Å². The number of aliphatic carboxylic acids is 1. The van der Waals surface area contributed by atoms with Crippen LogP contribution >= 0.6 is 0 Å². The molecule has 2 atom stereocenters. The molecule has 1 fully saturated rings. The Balaban J connectivity index is 2.66. The SMILES string of the molecule is C#CCN(CC(=O)O)C(=O)[C@@H]1CNC[C@H]1C. The Bertz CT molecular complexity index is 322. The van der Waals surface area contributed by atoms with E-state index in [0.717, 1.165) is 6.54 Å². The number of nitrogens with zero attached hydrogens (tertiary/aromatic N) is 1. The highest BCUT2D eigenvalue weighted by atomic mass is 16.4. The Labute approximate surface area is 94.8 Å². The smallest absolute Gasteiger partial charge is 0.323 e. The van der Waals surface area contributed by atoms with Gasteiger partial charge in [0, 0.05) is 6.54 Å². The number of carboxylic acid groups (broad SMARTS) is 1. The molecule has 1 aliphatic rings. The van der Waals surface area contributed by atoms with Crippen LogP contribution in [0, 0.1) is 24.2 Å². The van der Waals surface area contributed by atoms with E-state index in [9.17, 15) is 9.59 Å². The summed E-state index contributed by atoms with van der Waals surface area (Å²) >= 11 is 0. The van der Waals surface area contributed by atoms with E-state index in [1.54, 1.807) is 0 Å². The summed E-state index contributed by atoms with van der Waals surface area (Å²) in [5.74, 6) is 1.17. The van der Waals surface area contributed by atoms with Crippen LogP contribution in [0.3, 0.4) is 0 Å². The average molecular weight is 224 g/mol. The van der Waals surface area contributed by atoms with Crippen molar-refractivity contribution in [2.24, 2.45) is 11.8 Å². The molecule has 0 aliphatic carbocycles. The Kier molecular flexibility index (Phi) is 4.32. The molecule has 88 valence electrons. The van der Waals surface area contributed by atoms with E-state index in [4.69, 9.17) is 11.5 Å². The summed E-state index contributed by atoms with van der Waals surface area (Å²) in [7, 11) is 0. The maximum absolute atomic E-state index is 12.0. The van der Waals surface area contributed by atoms with Crippen LogP contribution in [0.25, 0.3) is 0 Å². The largest absolute Gasteiger partial charge is 0.480 e. The lowest BCUT2D eigenvalue weighted by atomic mass is 9.96. The van der Waals surface area contributed by atoms with Gasteiger partial charge in [-0.05, 0) is 12.5 Å². The quantitative estimate of drug-likeness (QED) is 0.625. The van der Waals surface area contributed by atoms with Crippen molar-refractivity contribution in [3.8, 4) is 12.3 Å². The van der Waals surface area contributed by atoms with Gasteiger partial charge in [-0.3, -0.25) is 9.59 Å². The minimum Gasteiger partial charge on any atom is -0.480 e. The zero-order chi connectivity index (χ0) is 12.1. The second-order valence-corrected chi connectivity index (χ2v) is 4.03. The minimum atomic E-state index is -1.04. The zero-order valence-electron chi connectivity index (χ0n) is 9.27. The molecule has 1 heterocycles. The summed E-state index contributed by atoms with van der Waals surface area (Å²) in [4.78, 5) is 23.8. The Hall–Kier alpha value is -1.54. The normalized spacial score (nSPS) is 23.8. The Morgan fingerprint density at radius 2 is 2.25 bits per heavy atom. The van der Waals surface area contributed by atoms with Gasteiger partial charge in [-0.25, -0.2) is 0 Å². The van der Waals surface area contributed by atoms with Gasteiger partial charge in [-0.2, -0.15) is 0 Å². The molecule has 0 spiro atoms. The van der Waals surface area contributed by atoms with Crippen molar-refractivity contribution in [3.63, 3.8) is 0 Å². The second-order valence-electron chi connectivity index (χ2n) is 4.03. The maximum Gasteiger partial charge on any atom is 0.323 e. The van der Waals surface area contributed by atoms with Gasteiger partial charge < -0.3 is 15.3 Å². The van der Waals surface area contributed by atoms with Crippen LogP contribution in [0.15, 0.2) is 0 Å². The highest BCUT2D eigenvalue weighted by Crippen LogP contribution is 2.18. The number of hydrogen-bond acceptors (Lipinski definition) is 3. The summed E-state index contributed by atoms with van der Waals surface area (Å²) in [6, 6.07) is 0. The molecule has 1 saturated heterocycles. The summed E-state index contributed by atoms with van der Waals surface area (Å²) in [5.41, 5.74) is 0. The van der Waals surface area contributed by atoms with Gasteiger partial charge in [0.05, 0.1) is 12.5 Å². The first-order valence-electron chi connectivity index (χ1n) is 5.21. The Morgan fingerprint density at radius 3 is 2.69 bits per heavy atom. The highest BCUT2D eigenvalue weighted by molar-refractivity contribution is 5.84. The first-order valence-corrected chi connectivity index (χ1v) is 5.21. The monoisotopic (exact) mass is 224 g/mol. The number of rotatable bonds is 4. The van der Waals surface area contributed by atoms with Crippen LogP contribution in [-0.2, 0) is 9.59 Å². The van der Waals surface area contributed by atoms with Gasteiger partial charge in [0.1, 0.15) is 6.54 Å². The number of nitrogens with one attached hydrogen (secondary N) is 1. The predicted octanol–water partition coefficient (Wildman–Crippen LogP) is -0.612. The van der Waals surface area contributed by atoms with E-state index in [2.05, 4.69) is 11.2 Å². The fourth-order valence-electron chi connectivity index (χ4n) is 1.86.